The molecular formula is C17H25N3O2. The van der Waals surface area contributed by atoms with Crippen molar-refractivity contribution in [3.05, 3.63) is 42.0 Å². The third kappa shape index (κ3) is 5.07. The van der Waals surface area contributed by atoms with Crippen LogP contribution in [0.4, 0.5) is 10.5 Å². The van der Waals surface area contributed by atoms with E-state index in [1.165, 1.54) is 5.69 Å². The van der Waals surface area contributed by atoms with Crippen molar-refractivity contribution in [3.8, 4) is 0 Å². The number of rotatable bonds is 7. The number of carbonyl (C=O) groups excluding carboxylic acids is 1. The summed E-state index contributed by atoms with van der Waals surface area (Å²) in [4.78, 5) is 14.0. The Hall–Kier alpha value is -2.01. The molecule has 0 spiro atoms. The van der Waals surface area contributed by atoms with Crippen molar-refractivity contribution < 1.29 is 9.90 Å². The number of carbonyl (C=O) groups is 1. The van der Waals surface area contributed by atoms with Gasteiger partial charge in [-0.25, -0.2) is 4.79 Å². The molecule has 0 radical (unpaired) electrons. The molecule has 5 heteroatoms. The molecule has 0 aromatic heterocycles. The van der Waals surface area contributed by atoms with Crippen molar-refractivity contribution in [2.45, 2.75) is 32.4 Å². The van der Waals surface area contributed by atoms with E-state index in [-0.39, 0.29) is 12.1 Å². The van der Waals surface area contributed by atoms with E-state index in [1.807, 2.05) is 19.1 Å². The maximum Gasteiger partial charge on any atom is 0.315 e. The number of benzene rings is 1. The molecule has 0 bridgehead atoms. The van der Waals surface area contributed by atoms with Crippen LogP contribution in [-0.4, -0.2) is 36.9 Å². The third-order valence-electron chi connectivity index (χ3n) is 3.78. The van der Waals surface area contributed by atoms with Crippen molar-refractivity contribution >= 4 is 11.7 Å². The van der Waals surface area contributed by atoms with Crippen molar-refractivity contribution in [1.82, 2.24) is 10.6 Å². The summed E-state index contributed by atoms with van der Waals surface area (Å²) in [5, 5.41) is 15.0. The highest BCUT2D eigenvalue weighted by molar-refractivity contribution is 5.73. The SMILES string of the molecule is CCC(O)CCNC(=O)NCc1cccc(N2CC=CC2)c1. The first-order valence-corrected chi connectivity index (χ1v) is 7.87. The highest BCUT2D eigenvalue weighted by Crippen LogP contribution is 2.18. The lowest BCUT2D eigenvalue weighted by Crippen LogP contribution is -2.36. The summed E-state index contributed by atoms with van der Waals surface area (Å²) in [6.45, 7) is 4.79. The van der Waals surface area contributed by atoms with Gasteiger partial charge in [0, 0.05) is 31.9 Å². The Balaban J connectivity index is 1.74. The first kappa shape index (κ1) is 16.4. The quantitative estimate of drug-likeness (QED) is 0.675. The molecule has 1 aromatic rings. The minimum atomic E-state index is -0.342. The van der Waals surface area contributed by atoms with Gasteiger partial charge >= 0.3 is 6.03 Å². The van der Waals surface area contributed by atoms with Gasteiger partial charge in [0.25, 0.3) is 0 Å². The lowest BCUT2D eigenvalue weighted by molar-refractivity contribution is 0.160. The molecule has 2 amide bonds. The van der Waals surface area contributed by atoms with Crippen LogP contribution in [0, 0.1) is 0 Å². The number of nitrogens with one attached hydrogen (secondary N) is 2. The van der Waals surface area contributed by atoms with E-state index in [0.717, 1.165) is 18.7 Å². The number of amides is 2. The van der Waals surface area contributed by atoms with Crippen LogP contribution in [0.15, 0.2) is 36.4 Å². The van der Waals surface area contributed by atoms with Gasteiger partial charge in [0.15, 0.2) is 0 Å². The van der Waals surface area contributed by atoms with Crippen molar-refractivity contribution in [1.29, 1.82) is 0 Å². The van der Waals surface area contributed by atoms with Crippen LogP contribution in [0.5, 0.6) is 0 Å². The highest BCUT2D eigenvalue weighted by Gasteiger charge is 2.08. The van der Waals surface area contributed by atoms with E-state index >= 15 is 0 Å². The first-order chi connectivity index (χ1) is 10.7. The second-order valence-corrected chi connectivity index (χ2v) is 5.51. The van der Waals surface area contributed by atoms with E-state index < -0.39 is 0 Å². The molecule has 0 saturated heterocycles. The van der Waals surface area contributed by atoms with Crippen LogP contribution in [-0.2, 0) is 6.54 Å². The number of nitrogens with zero attached hydrogens (tertiary/aromatic N) is 1. The molecule has 1 unspecified atom stereocenters. The Labute approximate surface area is 132 Å². The lowest BCUT2D eigenvalue weighted by Gasteiger charge is -2.18. The molecule has 120 valence electrons. The third-order valence-corrected chi connectivity index (χ3v) is 3.78. The Bertz CT molecular complexity index is 508. The summed E-state index contributed by atoms with van der Waals surface area (Å²) < 4.78 is 0. The summed E-state index contributed by atoms with van der Waals surface area (Å²) >= 11 is 0. The Morgan fingerprint density at radius 2 is 2.09 bits per heavy atom. The van der Waals surface area contributed by atoms with E-state index in [2.05, 4.69) is 39.8 Å². The summed E-state index contributed by atoms with van der Waals surface area (Å²) in [7, 11) is 0. The van der Waals surface area contributed by atoms with Crippen LogP contribution in [0.1, 0.15) is 25.3 Å². The molecular weight excluding hydrogens is 278 g/mol. The molecule has 1 aromatic carbocycles. The van der Waals surface area contributed by atoms with Gasteiger partial charge in [-0.05, 0) is 30.5 Å². The normalized spacial score (nSPS) is 14.9. The second kappa shape index (κ2) is 8.44. The number of hydrogen-bond acceptors (Lipinski definition) is 3. The van der Waals surface area contributed by atoms with Crippen LogP contribution in [0.2, 0.25) is 0 Å². The molecule has 0 saturated carbocycles. The molecule has 2 rings (SSSR count). The Morgan fingerprint density at radius 3 is 2.82 bits per heavy atom. The first-order valence-electron chi connectivity index (χ1n) is 7.87. The smallest absolute Gasteiger partial charge is 0.315 e. The second-order valence-electron chi connectivity index (χ2n) is 5.51. The summed E-state index contributed by atoms with van der Waals surface area (Å²) in [6.07, 6.45) is 5.26. The molecule has 0 fully saturated rings. The van der Waals surface area contributed by atoms with Crippen molar-refractivity contribution in [2.75, 3.05) is 24.5 Å². The average Bonchev–Trinajstić information content (AvgIpc) is 3.07. The maximum atomic E-state index is 11.7. The predicted molar refractivity (Wildman–Crippen MR) is 88.9 cm³/mol. The van der Waals surface area contributed by atoms with E-state index in [4.69, 9.17) is 0 Å². The van der Waals surface area contributed by atoms with Gasteiger partial charge in [-0.15, -0.1) is 0 Å². The zero-order chi connectivity index (χ0) is 15.8. The van der Waals surface area contributed by atoms with Crippen molar-refractivity contribution in [3.63, 3.8) is 0 Å². The molecule has 1 atom stereocenters. The minimum absolute atomic E-state index is 0.198. The van der Waals surface area contributed by atoms with Gasteiger partial charge in [-0.2, -0.15) is 0 Å². The number of hydrogen-bond donors (Lipinski definition) is 3. The summed E-state index contributed by atoms with van der Waals surface area (Å²) in [5.41, 5.74) is 2.25. The minimum Gasteiger partial charge on any atom is -0.393 e. The monoisotopic (exact) mass is 303 g/mol. The molecule has 1 aliphatic rings. The van der Waals surface area contributed by atoms with Gasteiger partial charge in [0.2, 0.25) is 0 Å². The van der Waals surface area contributed by atoms with Crippen LogP contribution in [0.3, 0.4) is 0 Å². The largest absolute Gasteiger partial charge is 0.393 e. The van der Waals surface area contributed by atoms with Crippen LogP contribution in [0.25, 0.3) is 0 Å². The number of aliphatic hydroxyl groups is 1. The maximum absolute atomic E-state index is 11.7. The van der Waals surface area contributed by atoms with Gasteiger partial charge in [0.1, 0.15) is 0 Å². The zero-order valence-corrected chi connectivity index (χ0v) is 13.1. The molecule has 0 aliphatic carbocycles. The Kier molecular flexibility index (Phi) is 6.27. The van der Waals surface area contributed by atoms with E-state index in [9.17, 15) is 9.90 Å². The molecule has 1 heterocycles. The highest BCUT2D eigenvalue weighted by atomic mass is 16.3. The molecule has 1 aliphatic heterocycles. The van der Waals surface area contributed by atoms with E-state index in [0.29, 0.717) is 25.9 Å². The van der Waals surface area contributed by atoms with Crippen LogP contribution >= 0.6 is 0 Å². The van der Waals surface area contributed by atoms with E-state index in [1.54, 1.807) is 0 Å². The number of anilines is 1. The average molecular weight is 303 g/mol. The number of aliphatic hydroxyl groups excluding tert-OH is 1. The van der Waals surface area contributed by atoms with Gasteiger partial charge in [-0.3, -0.25) is 0 Å². The summed E-state index contributed by atoms with van der Waals surface area (Å²) in [6, 6.07) is 8.02. The topological polar surface area (TPSA) is 64.6 Å². The van der Waals surface area contributed by atoms with Gasteiger partial charge in [-0.1, -0.05) is 31.2 Å². The zero-order valence-electron chi connectivity index (χ0n) is 13.1. The molecule has 5 nitrogen and oxygen atoms in total. The predicted octanol–water partition coefficient (Wildman–Crippen LogP) is 2.02. The molecule has 22 heavy (non-hydrogen) atoms. The standard InChI is InChI=1S/C17H25N3O2/c1-2-16(21)8-9-18-17(22)19-13-14-6-5-7-15(12-14)20-10-3-4-11-20/h3-7,12,16,21H,2,8-11,13H2,1H3,(H2,18,19,22). The fourth-order valence-corrected chi connectivity index (χ4v) is 2.35. The fraction of sp³-hybridized carbons (Fsp3) is 0.471. The fourth-order valence-electron chi connectivity index (χ4n) is 2.35. The summed E-state index contributed by atoms with van der Waals surface area (Å²) in [5.74, 6) is 0. The lowest BCUT2D eigenvalue weighted by atomic mass is 10.2. The van der Waals surface area contributed by atoms with Gasteiger partial charge < -0.3 is 20.6 Å². The van der Waals surface area contributed by atoms with Crippen LogP contribution < -0.4 is 15.5 Å². The Morgan fingerprint density at radius 1 is 1.32 bits per heavy atom. The number of urea groups is 1. The van der Waals surface area contributed by atoms with Gasteiger partial charge in [0.05, 0.1) is 6.10 Å². The van der Waals surface area contributed by atoms with Crippen molar-refractivity contribution in [2.24, 2.45) is 0 Å². The molecule has 3 N–H and O–H groups in total.